The van der Waals surface area contributed by atoms with E-state index in [1.807, 2.05) is 4.90 Å². The standard InChI is InChI=1S/C16H16ClN5O4S2.C14H21NO/c17-3-1-2-14(27)28(25,26)22-6-4-21(5-7-22)13-10-19-12-9-18-8-11(16(23)24)15(12)20-13;1-4-14(3,5-2)13-8-6-12(7-9-13)10-15-11-16/h1-3,8-10,27H,4-7H2,(H,23,24);6-9,11H,4-5,10H2,1-3H3,(H,15,16)/b3-1+,14-2+;. The zero-order chi connectivity index (χ0) is 32.3. The quantitative estimate of drug-likeness (QED) is 0.151. The minimum Gasteiger partial charge on any atom is -0.478 e. The second-order valence-corrected chi connectivity index (χ2v) is 13.2. The summed E-state index contributed by atoms with van der Waals surface area (Å²) in [5.41, 5.74) is 4.58. The molecule has 0 aliphatic carbocycles. The summed E-state index contributed by atoms with van der Waals surface area (Å²) in [7, 11) is -3.69. The number of hydrogen-bond acceptors (Lipinski definition) is 9. The Hall–Kier alpha value is -3.52. The van der Waals surface area contributed by atoms with Crippen LogP contribution in [0.1, 0.15) is 55.1 Å². The van der Waals surface area contributed by atoms with Gasteiger partial charge in [0.2, 0.25) is 16.4 Å². The number of pyridine rings is 1. The summed E-state index contributed by atoms with van der Waals surface area (Å²) in [6.07, 6.45) is 9.92. The van der Waals surface area contributed by atoms with Crippen molar-refractivity contribution in [3.63, 3.8) is 0 Å². The van der Waals surface area contributed by atoms with Crippen molar-refractivity contribution < 1.29 is 23.1 Å². The second kappa shape index (κ2) is 16.0. The lowest BCUT2D eigenvalue weighted by atomic mass is 9.78. The van der Waals surface area contributed by atoms with Gasteiger partial charge < -0.3 is 15.3 Å². The Bertz CT molecular complexity index is 1600. The summed E-state index contributed by atoms with van der Waals surface area (Å²) < 4.78 is 26.3. The number of piperazine rings is 1. The van der Waals surface area contributed by atoms with Gasteiger partial charge in [0, 0.05) is 44.5 Å². The van der Waals surface area contributed by atoms with Crippen LogP contribution in [0, 0.1) is 0 Å². The monoisotopic (exact) mass is 660 g/mol. The Balaban J connectivity index is 0.000000281. The van der Waals surface area contributed by atoms with Gasteiger partial charge in [0.1, 0.15) is 26.7 Å². The number of allylic oxidation sites excluding steroid dienone is 2. The van der Waals surface area contributed by atoms with E-state index in [0.717, 1.165) is 24.8 Å². The number of thiol groups is 1. The molecule has 3 aromatic rings. The molecule has 3 heterocycles. The average Bonchev–Trinajstić information content (AvgIpc) is 3.05. The number of aromatic carboxylic acids is 1. The molecule has 0 atom stereocenters. The molecule has 1 aliphatic rings. The summed E-state index contributed by atoms with van der Waals surface area (Å²) in [5.74, 6) is -0.662. The highest BCUT2D eigenvalue weighted by Crippen LogP contribution is 2.31. The van der Waals surface area contributed by atoms with Gasteiger partial charge in [0.25, 0.3) is 0 Å². The molecular formula is C30H37ClN6O5S2. The fraction of sp³-hybridized carbons (Fsp3) is 0.367. The van der Waals surface area contributed by atoms with Crippen molar-refractivity contribution in [1.29, 1.82) is 0 Å². The largest absolute Gasteiger partial charge is 0.478 e. The Morgan fingerprint density at radius 3 is 2.34 bits per heavy atom. The van der Waals surface area contributed by atoms with Crippen molar-refractivity contribution in [3.8, 4) is 0 Å². The number of aromatic nitrogens is 3. The molecule has 1 fully saturated rings. The number of carboxylic acid groups (broad SMARTS) is 1. The highest BCUT2D eigenvalue weighted by Gasteiger charge is 2.29. The van der Waals surface area contributed by atoms with E-state index in [2.05, 4.69) is 77.9 Å². The van der Waals surface area contributed by atoms with Crippen LogP contribution in [-0.2, 0) is 26.8 Å². The molecule has 0 spiro atoms. The van der Waals surface area contributed by atoms with Gasteiger partial charge >= 0.3 is 5.97 Å². The molecule has 0 saturated carbocycles. The molecule has 236 valence electrons. The Morgan fingerprint density at radius 1 is 1.11 bits per heavy atom. The molecule has 1 amide bonds. The van der Waals surface area contributed by atoms with Gasteiger partial charge in [-0.3, -0.25) is 9.78 Å². The molecule has 44 heavy (non-hydrogen) atoms. The molecule has 1 aromatic carbocycles. The maximum atomic E-state index is 12.5. The molecule has 11 nitrogen and oxygen atoms in total. The summed E-state index contributed by atoms with van der Waals surface area (Å²) >= 11 is 9.45. The number of sulfonamides is 1. The molecule has 14 heteroatoms. The van der Waals surface area contributed by atoms with E-state index in [0.29, 0.717) is 31.0 Å². The lowest BCUT2D eigenvalue weighted by Crippen LogP contribution is -2.49. The van der Waals surface area contributed by atoms with E-state index in [1.165, 1.54) is 46.1 Å². The van der Waals surface area contributed by atoms with Crippen molar-refractivity contribution >= 4 is 63.5 Å². The van der Waals surface area contributed by atoms with Crippen LogP contribution in [0.5, 0.6) is 0 Å². The highest BCUT2D eigenvalue weighted by molar-refractivity contribution is 8.09. The number of rotatable bonds is 11. The first-order chi connectivity index (χ1) is 21.0. The van der Waals surface area contributed by atoms with Crippen molar-refractivity contribution in [2.24, 2.45) is 0 Å². The maximum absolute atomic E-state index is 12.5. The number of carbonyl (C=O) groups is 2. The van der Waals surface area contributed by atoms with Crippen LogP contribution >= 0.6 is 24.2 Å². The summed E-state index contributed by atoms with van der Waals surface area (Å²) in [6, 6.07) is 8.54. The molecule has 2 aromatic heterocycles. The normalized spacial score (nSPS) is 14.8. The second-order valence-electron chi connectivity index (χ2n) is 10.3. The third-order valence-electron chi connectivity index (χ3n) is 7.75. The van der Waals surface area contributed by atoms with Crippen LogP contribution in [0.4, 0.5) is 5.82 Å². The van der Waals surface area contributed by atoms with E-state index >= 15 is 0 Å². The first kappa shape index (κ1) is 35.0. The zero-order valence-electron chi connectivity index (χ0n) is 24.9. The van der Waals surface area contributed by atoms with Crippen LogP contribution in [-0.4, -0.2) is 71.3 Å². The predicted molar refractivity (Wildman–Crippen MR) is 176 cm³/mol. The number of benzene rings is 1. The average molecular weight is 661 g/mol. The predicted octanol–water partition coefficient (Wildman–Crippen LogP) is 4.71. The van der Waals surface area contributed by atoms with Gasteiger partial charge in [-0.1, -0.05) is 56.6 Å². The topological polar surface area (TPSA) is 146 Å². The summed E-state index contributed by atoms with van der Waals surface area (Å²) in [5, 5.41) is 12.0. The van der Waals surface area contributed by atoms with Gasteiger partial charge in [0.15, 0.2) is 0 Å². The van der Waals surface area contributed by atoms with Crippen molar-refractivity contribution in [1.82, 2.24) is 24.6 Å². The minimum atomic E-state index is -3.69. The van der Waals surface area contributed by atoms with Crippen molar-refractivity contribution in [3.05, 3.63) is 81.5 Å². The number of amides is 1. The van der Waals surface area contributed by atoms with Crippen molar-refractivity contribution in [2.45, 2.75) is 45.6 Å². The number of anilines is 1. The third-order valence-corrected chi connectivity index (χ3v) is 10.4. The number of carboxylic acids is 1. The SMILES string of the molecule is CCC(C)(CC)c1ccc(CNC=O)cc1.O=C(O)c1cncc2ncc(N3CCN(S(=O)(=O)/C(S)=C/C=C/Cl)CC3)nc12. The number of halogens is 1. The smallest absolute Gasteiger partial charge is 0.339 e. The number of carbonyl (C=O) groups excluding carboxylic acids is 1. The van der Waals surface area contributed by atoms with Crippen LogP contribution in [0.3, 0.4) is 0 Å². The molecule has 0 radical (unpaired) electrons. The first-order valence-electron chi connectivity index (χ1n) is 14.0. The van der Waals surface area contributed by atoms with E-state index < -0.39 is 16.0 Å². The van der Waals surface area contributed by atoms with Crippen LogP contribution < -0.4 is 10.2 Å². The number of fused-ring (bicyclic) bond motifs is 1. The zero-order valence-corrected chi connectivity index (χ0v) is 27.3. The maximum Gasteiger partial charge on any atom is 0.339 e. The molecule has 0 bridgehead atoms. The van der Waals surface area contributed by atoms with E-state index in [1.54, 1.807) is 0 Å². The van der Waals surface area contributed by atoms with Crippen LogP contribution in [0.25, 0.3) is 11.0 Å². The highest BCUT2D eigenvalue weighted by atomic mass is 35.5. The number of hydrogen-bond donors (Lipinski definition) is 3. The Kier molecular flexibility index (Phi) is 12.7. The van der Waals surface area contributed by atoms with Gasteiger partial charge in [-0.05, 0) is 41.5 Å². The molecule has 0 unspecified atom stereocenters. The van der Waals surface area contributed by atoms with E-state index in [-0.39, 0.29) is 33.8 Å². The molecule has 4 rings (SSSR count). The third kappa shape index (κ3) is 8.56. The minimum absolute atomic E-state index is 0.0368. The molecular weight excluding hydrogens is 624 g/mol. The fourth-order valence-electron chi connectivity index (χ4n) is 4.57. The lowest BCUT2D eigenvalue weighted by Gasteiger charge is -2.34. The summed E-state index contributed by atoms with van der Waals surface area (Å²) in [4.78, 5) is 35.9. The summed E-state index contributed by atoms with van der Waals surface area (Å²) in [6.45, 7) is 8.57. The van der Waals surface area contributed by atoms with Crippen LogP contribution in [0.15, 0.2) is 64.8 Å². The lowest BCUT2D eigenvalue weighted by molar-refractivity contribution is -0.109. The first-order valence-corrected chi connectivity index (χ1v) is 16.3. The van der Waals surface area contributed by atoms with Gasteiger partial charge in [-0.2, -0.15) is 4.31 Å². The Morgan fingerprint density at radius 2 is 1.77 bits per heavy atom. The molecule has 1 saturated heterocycles. The molecule has 2 N–H and O–H groups in total. The Labute approximate surface area is 268 Å². The number of nitrogens with zero attached hydrogens (tertiary/aromatic N) is 5. The van der Waals surface area contributed by atoms with E-state index in [4.69, 9.17) is 11.6 Å². The number of nitrogens with one attached hydrogen (secondary N) is 1. The van der Waals surface area contributed by atoms with E-state index in [9.17, 15) is 23.1 Å². The van der Waals surface area contributed by atoms with Gasteiger partial charge in [0.05, 0.1) is 12.4 Å². The van der Waals surface area contributed by atoms with Gasteiger partial charge in [-0.15, -0.1) is 12.6 Å². The van der Waals surface area contributed by atoms with Crippen LogP contribution in [0.2, 0.25) is 0 Å². The molecule has 1 aliphatic heterocycles. The fourth-order valence-corrected chi connectivity index (χ4v) is 6.24. The van der Waals surface area contributed by atoms with Crippen molar-refractivity contribution in [2.75, 3.05) is 31.1 Å². The van der Waals surface area contributed by atoms with Gasteiger partial charge in [-0.25, -0.2) is 23.2 Å².